The molecule has 11 heteroatoms. The van der Waals surface area contributed by atoms with Gasteiger partial charge in [0, 0.05) is 0 Å². The Bertz CT molecular complexity index is 1190. The lowest BCUT2D eigenvalue weighted by Crippen LogP contribution is -2.28. The Kier molecular flexibility index (Phi) is 5.22. The molecule has 1 N–H and O–H groups in total. The molecule has 152 valence electrons. The van der Waals surface area contributed by atoms with Crippen molar-refractivity contribution in [1.82, 2.24) is 9.55 Å². The molecule has 0 aliphatic carbocycles. The number of carbonyl (C=O) groups is 1. The maximum atomic E-state index is 13.9. The highest BCUT2D eigenvalue weighted by molar-refractivity contribution is 6.30. The number of hydrogen-bond acceptors (Lipinski definition) is 5. The third kappa shape index (κ3) is 3.63. The summed E-state index contributed by atoms with van der Waals surface area (Å²) in [5.41, 5.74) is -4.29. The van der Waals surface area contributed by atoms with E-state index in [-0.39, 0.29) is 22.7 Å². The molecule has 0 radical (unpaired) electrons. The van der Waals surface area contributed by atoms with Crippen molar-refractivity contribution >= 4 is 28.6 Å². The van der Waals surface area contributed by atoms with Crippen molar-refractivity contribution in [2.45, 2.75) is 13.1 Å². The summed E-state index contributed by atoms with van der Waals surface area (Å²) < 4.78 is 58.6. The average molecular weight is 431 g/mol. The molecule has 0 saturated carbocycles. The first-order valence-corrected chi connectivity index (χ1v) is 8.42. The van der Waals surface area contributed by atoms with E-state index in [1.54, 1.807) is 0 Å². The Morgan fingerprint density at radius 1 is 1.28 bits per heavy atom. The SMILES string of the molecule is CCOC(=O)c1c(O)c2ccc(C(F)(F)F)nc2n(-c2ccc(Cl)c(F)c2)c1=O. The highest BCUT2D eigenvalue weighted by Gasteiger charge is 2.34. The molecule has 2 aromatic heterocycles. The van der Waals surface area contributed by atoms with Gasteiger partial charge in [0.05, 0.1) is 22.7 Å². The number of esters is 1. The summed E-state index contributed by atoms with van der Waals surface area (Å²) in [7, 11) is 0. The van der Waals surface area contributed by atoms with E-state index in [0.29, 0.717) is 10.6 Å². The van der Waals surface area contributed by atoms with Gasteiger partial charge < -0.3 is 9.84 Å². The highest BCUT2D eigenvalue weighted by Crippen LogP contribution is 2.33. The predicted octanol–water partition coefficient (Wildman–Crippen LogP) is 4.08. The van der Waals surface area contributed by atoms with Gasteiger partial charge in [0.1, 0.15) is 17.3 Å². The van der Waals surface area contributed by atoms with Crippen LogP contribution in [-0.4, -0.2) is 27.2 Å². The van der Waals surface area contributed by atoms with Crippen molar-refractivity contribution in [2.24, 2.45) is 0 Å². The van der Waals surface area contributed by atoms with Crippen LogP contribution in [0.3, 0.4) is 0 Å². The molecule has 0 fully saturated rings. The van der Waals surface area contributed by atoms with Crippen molar-refractivity contribution in [1.29, 1.82) is 0 Å². The number of alkyl halides is 3. The van der Waals surface area contributed by atoms with Crippen LogP contribution in [-0.2, 0) is 10.9 Å². The van der Waals surface area contributed by atoms with Crippen molar-refractivity contribution in [3.05, 3.63) is 62.8 Å². The summed E-state index contributed by atoms with van der Waals surface area (Å²) >= 11 is 5.62. The van der Waals surface area contributed by atoms with Crippen LogP contribution in [0.2, 0.25) is 5.02 Å². The number of pyridine rings is 2. The molecule has 3 aromatic rings. The van der Waals surface area contributed by atoms with Crippen molar-refractivity contribution in [3.8, 4) is 11.4 Å². The van der Waals surface area contributed by atoms with Crippen molar-refractivity contribution in [2.75, 3.05) is 6.61 Å². The highest BCUT2D eigenvalue weighted by atomic mass is 35.5. The van der Waals surface area contributed by atoms with E-state index < -0.39 is 46.2 Å². The molecular formula is C18H11ClF4N2O4. The molecule has 2 heterocycles. The van der Waals surface area contributed by atoms with Crippen molar-refractivity contribution in [3.63, 3.8) is 0 Å². The molecule has 0 bridgehead atoms. The minimum Gasteiger partial charge on any atom is -0.506 e. The topological polar surface area (TPSA) is 81.4 Å². The summed E-state index contributed by atoms with van der Waals surface area (Å²) in [4.78, 5) is 28.5. The van der Waals surface area contributed by atoms with E-state index >= 15 is 0 Å². The molecule has 29 heavy (non-hydrogen) atoms. The fourth-order valence-corrected chi connectivity index (χ4v) is 2.77. The average Bonchev–Trinajstić information content (AvgIpc) is 2.64. The summed E-state index contributed by atoms with van der Waals surface area (Å²) in [5.74, 6) is -3.04. The first-order valence-electron chi connectivity index (χ1n) is 8.04. The molecule has 3 rings (SSSR count). The predicted molar refractivity (Wildman–Crippen MR) is 94.9 cm³/mol. The number of benzene rings is 1. The number of halogens is 5. The molecule has 1 aromatic carbocycles. The van der Waals surface area contributed by atoms with Crippen LogP contribution < -0.4 is 5.56 Å². The number of ether oxygens (including phenoxy) is 1. The van der Waals surface area contributed by atoms with Crippen LogP contribution in [0.1, 0.15) is 23.0 Å². The fourth-order valence-electron chi connectivity index (χ4n) is 2.66. The minimum atomic E-state index is -4.85. The quantitative estimate of drug-likeness (QED) is 0.500. The molecule has 0 aliphatic rings. The Hall–Kier alpha value is -3.14. The van der Waals surface area contributed by atoms with E-state index in [2.05, 4.69) is 4.98 Å². The second-order valence-corrected chi connectivity index (χ2v) is 6.16. The maximum Gasteiger partial charge on any atom is 0.433 e. The number of carbonyl (C=O) groups excluding carboxylic acids is 1. The van der Waals surface area contributed by atoms with Gasteiger partial charge in [-0.15, -0.1) is 0 Å². The van der Waals surface area contributed by atoms with Gasteiger partial charge in [-0.3, -0.25) is 9.36 Å². The first-order chi connectivity index (χ1) is 13.6. The Balaban J connectivity index is 2.48. The number of hydrogen-bond donors (Lipinski definition) is 1. The monoisotopic (exact) mass is 430 g/mol. The number of rotatable bonds is 3. The zero-order valence-corrected chi connectivity index (χ0v) is 15.3. The zero-order chi connectivity index (χ0) is 21.5. The molecule has 0 spiro atoms. The zero-order valence-electron chi connectivity index (χ0n) is 14.6. The van der Waals surface area contributed by atoms with E-state index in [1.807, 2.05) is 0 Å². The van der Waals surface area contributed by atoms with Gasteiger partial charge in [-0.1, -0.05) is 11.6 Å². The van der Waals surface area contributed by atoms with E-state index in [9.17, 15) is 32.3 Å². The van der Waals surface area contributed by atoms with Gasteiger partial charge in [0.15, 0.2) is 11.2 Å². The fraction of sp³-hybridized carbons (Fsp3) is 0.167. The van der Waals surface area contributed by atoms with E-state index in [4.69, 9.17) is 16.3 Å². The lowest BCUT2D eigenvalue weighted by Gasteiger charge is -2.15. The first kappa shape index (κ1) is 20.6. The minimum absolute atomic E-state index is 0.128. The van der Waals surface area contributed by atoms with Gasteiger partial charge >= 0.3 is 12.1 Å². The maximum absolute atomic E-state index is 13.9. The smallest absolute Gasteiger partial charge is 0.433 e. The standard InChI is InChI=1S/C18H11ClF4N2O4/c1-2-29-17(28)13-14(26)9-4-6-12(18(21,22)23)24-15(9)25(16(13)27)8-3-5-10(19)11(20)7-8/h3-7,26H,2H2,1H3. The lowest BCUT2D eigenvalue weighted by atomic mass is 10.1. The van der Waals surface area contributed by atoms with Crippen LogP contribution >= 0.6 is 11.6 Å². The summed E-state index contributed by atoms with van der Waals surface area (Å²) in [6, 6.07) is 4.45. The number of fused-ring (bicyclic) bond motifs is 1. The van der Waals surface area contributed by atoms with E-state index in [1.165, 1.54) is 6.92 Å². The molecule has 0 atom stereocenters. The normalized spacial score (nSPS) is 11.7. The van der Waals surface area contributed by atoms with Crippen LogP contribution in [0, 0.1) is 5.82 Å². The second kappa shape index (κ2) is 7.36. The third-order valence-corrected chi connectivity index (χ3v) is 4.23. The van der Waals surface area contributed by atoms with Gasteiger partial charge in [0.2, 0.25) is 0 Å². The third-order valence-electron chi connectivity index (χ3n) is 3.93. The van der Waals surface area contributed by atoms with Crippen LogP contribution in [0.4, 0.5) is 17.6 Å². The number of aromatic hydroxyl groups is 1. The van der Waals surface area contributed by atoms with Crippen molar-refractivity contribution < 1.29 is 32.2 Å². The molecule has 0 unspecified atom stereocenters. The Morgan fingerprint density at radius 3 is 2.55 bits per heavy atom. The van der Waals surface area contributed by atoms with Crippen LogP contribution in [0.25, 0.3) is 16.7 Å². The molecule has 0 saturated heterocycles. The van der Waals surface area contributed by atoms with Gasteiger partial charge in [-0.25, -0.2) is 14.2 Å². The second-order valence-electron chi connectivity index (χ2n) is 5.75. The largest absolute Gasteiger partial charge is 0.506 e. The molecule has 6 nitrogen and oxygen atoms in total. The van der Waals surface area contributed by atoms with Crippen LogP contribution in [0.5, 0.6) is 5.75 Å². The van der Waals surface area contributed by atoms with Gasteiger partial charge in [-0.05, 0) is 37.3 Å². The Labute approximate surface area is 164 Å². The van der Waals surface area contributed by atoms with Crippen LogP contribution in [0.15, 0.2) is 35.1 Å². The Morgan fingerprint density at radius 2 is 1.97 bits per heavy atom. The summed E-state index contributed by atoms with van der Waals surface area (Å²) in [6.45, 7) is 1.33. The van der Waals surface area contributed by atoms with Gasteiger partial charge in [-0.2, -0.15) is 13.2 Å². The summed E-state index contributed by atoms with van der Waals surface area (Å²) in [5, 5.41) is 9.73. The van der Waals surface area contributed by atoms with Gasteiger partial charge in [0.25, 0.3) is 5.56 Å². The van der Waals surface area contributed by atoms with E-state index in [0.717, 1.165) is 24.3 Å². The molecule has 0 aliphatic heterocycles. The lowest BCUT2D eigenvalue weighted by molar-refractivity contribution is -0.141. The number of nitrogens with zero attached hydrogens (tertiary/aromatic N) is 2. The number of aromatic nitrogens is 2. The molecular weight excluding hydrogens is 420 g/mol. The molecule has 0 amide bonds. The summed E-state index contributed by atoms with van der Waals surface area (Å²) in [6.07, 6.45) is -4.85.